The smallest absolute Gasteiger partial charge is 0.244 e. The van der Waals surface area contributed by atoms with Gasteiger partial charge in [0.1, 0.15) is 29.9 Å². The SMILES string of the molecule is CCC(C)NC(=O)C(Cc1ccccc1)N(Cc1ccccc1F)C(=O)CN(c1ccc(OC)cc1OC)S(C)(=O)=O. The van der Waals surface area contributed by atoms with Crippen molar-refractivity contribution in [2.75, 3.05) is 31.3 Å². The van der Waals surface area contributed by atoms with Gasteiger partial charge in [0, 0.05) is 30.6 Å². The standard InChI is InChI=1S/C31H38FN3O6S/c1-6-22(2)33-31(37)28(18-23-12-8-7-9-13-23)34(20-24-14-10-11-15-26(24)32)30(36)21-35(42(5,38)39)27-17-16-25(40-3)19-29(27)41-4/h7-17,19,22,28H,6,18,20-21H2,1-5H3,(H,33,37). The highest BCUT2D eigenvalue weighted by molar-refractivity contribution is 7.92. The van der Waals surface area contributed by atoms with Gasteiger partial charge < -0.3 is 19.7 Å². The molecule has 3 rings (SSSR count). The first-order chi connectivity index (χ1) is 20.0. The van der Waals surface area contributed by atoms with Crippen LogP contribution in [0.25, 0.3) is 0 Å². The molecule has 0 aromatic heterocycles. The molecule has 0 heterocycles. The van der Waals surface area contributed by atoms with Crippen molar-refractivity contribution in [2.24, 2.45) is 0 Å². The minimum absolute atomic E-state index is 0.114. The third-order valence-corrected chi connectivity index (χ3v) is 8.03. The molecule has 0 fully saturated rings. The van der Waals surface area contributed by atoms with Crippen molar-refractivity contribution in [3.8, 4) is 11.5 Å². The summed E-state index contributed by atoms with van der Waals surface area (Å²) in [5, 5.41) is 2.94. The maximum absolute atomic E-state index is 14.9. The minimum atomic E-state index is -4.02. The third-order valence-electron chi connectivity index (χ3n) is 6.91. The van der Waals surface area contributed by atoms with Crippen LogP contribution in [-0.4, -0.2) is 64.2 Å². The molecule has 0 saturated carbocycles. The quantitative estimate of drug-likeness (QED) is 0.298. The van der Waals surface area contributed by atoms with E-state index in [0.29, 0.717) is 12.2 Å². The fraction of sp³-hybridized carbons (Fsp3) is 0.355. The Morgan fingerprint density at radius 3 is 2.24 bits per heavy atom. The summed E-state index contributed by atoms with van der Waals surface area (Å²) in [4.78, 5) is 29.1. The Morgan fingerprint density at radius 2 is 1.64 bits per heavy atom. The van der Waals surface area contributed by atoms with Gasteiger partial charge in [0.2, 0.25) is 21.8 Å². The van der Waals surface area contributed by atoms with E-state index >= 15 is 0 Å². The zero-order chi connectivity index (χ0) is 30.9. The largest absolute Gasteiger partial charge is 0.497 e. The van der Waals surface area contributed by atoms with E-state index in [2.05, 4.69) is 5.32 Å². The summed E-state index contributed by atoms with van der Waals surface area (Å²) in [6.07, 6.45) is 1.76. The number of halogens is 1. The molecular formula is C31H38FN3O6S. The average molecular weight is 600 g/mol. The molecule has 0 spiro atoms. The Balaban J connectivity index is 2.11. The van der Waals surface area contributed by atoms with Gasteiger partial charge >= 0.3 is 0 Å². The summed E-state index contributed by atoms with van der Waals surface area (Å²) in [6.45, 7) is 2.86. The second-order valence-corrected chi connectivity index (χ2v) is 11.9. The minimum Gasteiger partial charge on any atom is -0.497 e. The highest BCUT2D eigenvalue weighted by atomic mass is 32.2. The molecular weight excluding hydrogens is 561 g/mol. The molecule has 2 amide bonds. The molecule has 2 unspecified atom stereocenters. The van der Waals surface area contributed by atoms with Crippen molar-refractivity contribution >= 4 is 27.5 Å². The van der Waals surface area contributed by atoms with Crippen LogP contribution >= 0.6 is 0 Å². The summed E-state index contributed by atoms with van der Waals surface area (Å²) in [5.41, 5.74) is 1.08. The Kier molecular flexibility index (Phi) is 11.3. The average Bonchev–Trinajstić information content (AvgIpc) is 2.97. The lowest BCUT2D eigenvalue weighted by molar-refractivity contribution is -0.140. The first-order valence-electron chi connectivity index (χ1n) is 13.5. The third kappa shape index (κ3) is 8.45. The lowest BCUT2D eigenvalue weighted by Crippen LogP contribution is -2.54. The number of hydrogen-bond acceptors (Lipinski definition) is 6. The second-order valence-electron chi connectivity index (χ2n) is 9.94. The molecule has 1 N–H and O–H groups in total. The zero-order valence-corrected chi connectivity index (χ0v) is 25.4. The fourth-order valence-electron chi connectivity index (χ4n) is 4.39. The Morgan fingerprint density at radius 1 is 0.976 bits per heavy atom. The van der Waals surface area contributed by atoms with Crippen LogP contribution in [0.15, 0.2) is 72.8 Å². The van der Waals surface area contributed by atoms with Gasteiger partial charge in [0.25, 0.3) is 0 Å². The van der Waals surface area contributed by atoms with Crippen molar-refractivity contribution in [1.29, 1.82) is 0 Å². The number of sulfonamides is 1. The molecule has 0 radical (unpaired) electrons. The molecule has 0 saturated heterocycles. The lowest BCUT2D eigenvalue weighted by atomic mass is 10.0. The van der Waals surface area contributed by atoms with Gasteiger partial charge in [-0.1, -0.05) is 55.5 Å². The number of anilines is 1. The van der Waals surface area contributed by atoms with Crippen LogP contribution in [0.1, 0.15) is 31.4 Å². The normalized spacial score (nSPS) is 12.6. The molecule has 9 nitrogen and oxygen atoms in total. The predicted octanol–water partition coefficient (Wildman–Crippen LogP) is 4.16. The topological polar surface area (TPSA) is 105 Å². The van der Waals surface area contributed by atoms with E-state index in [0.717, 1.165) is 16.1 Å². The number of benzene rings is 3. The van der Waals surface area contributed by atoms with Crippen LogP contribution in [0, 0.1) is 5.82 Å². The van der Waals surface area contributed by atoms with Gasteiger partial charge in [0.05, 0.1) is 26.2 Å². The molecule has 3 aromatic rings. The number of carbonyl (C=O) groups is 2. The van der Waals surface area contributed by atoms with Crippen LogP contribution in [0.3, 0.4) is 0 Å². The Labute approximate surface area is 247 Å². The van der Waals surface area contributed by atoms with Gasteiger partial charge in [-0.3, -0.25) is 13.9 Å². The van der Waals surface area contributed by atoms with Crippen LogP contribution in [-0.2, 0) is 32.6 Å². The molecule has 11 heteroatoms. The van der Waals surface area contributed by atoms with E-state index in [-0.39, 0.29) is 36.0 Å². The number of ether oxygens (including phenoxy) is 2. The van der Waals surface area contributed by atoms with Crippen LogP contribution in [0.5, 0.6) is 11.5 Å². The number of rotatable bonds is 14. The number of nitrogens with zero attached hydrogens (tertiary/aromatic N) is 2. The highest BCUT2D eigenvalue weighted by Crippen LogP contribution is 2.34. The molecule has 0 aliphatic carbocycles. The molecule has 2 atom stereocenters. The predicted molar refractivity (Wildman–Crippen MR) is 161 cm³/mol. The summed E-state index contributed by atoms with van der Waals surface area (Å²) < 4.78 is 52.5. The first-order valence-corrected chi connectivity index (χ1v) is 15.4. The Bertz CT molecular complexity index is 1470. The number of methoxy groups -OCH3 is 2. The number of nitrogens with one attached hydrogen (secondary N) is 1. The van der Waals surface area contributed by atoms with Gasteiger partial charge in [-0.15, -0.1) is 0 Å². The molecule has 3 aromatic carbocycles. The molecule has 0 aliphatic heterocycles. The summed E-state index contributed by atoms with van der Waals surface area (Å²) in [7, 11) is -1.18. The number of hydrogen-bond donors (Lipinski definition) is 1. The van der Waals surface area contributed by atoms with Gasteiger partial charge in [-0.2, -0.15) is 0 Å². The van der Waals surface area contributed by atoms with Gasteiger partial charge in [0.15, 0.2) is 0 Å². The summed E-state index contributed by atoms with van der Waals surface area (Å²) in [5.74, 6) is -1.06. The molecule has 42 heavy (non-hydrogen) atoms. The monoisotopic (exact) mass is 599 g/mol. The zero-order valence-electron chi connectivity index (χ0n) is 24.5. The van der Waals surface area contributed by atoms with E-state index < -0.39 is 40.2 Å². The van der Waals surface area contributed by atoms with Crippen molar-refractivity contribution < 1.29 is 31.9 Å². The van der Waals surface area contributed by atoms with E-state index in [9.17, 15) is 22.4 Å². The van der Waals surface area contributed by atoms with Gasteiger partial charge in [-0.25, -0.2) is 12.8 Å². The summed E-state index contributed by atoms with van der Waals surface area (Å²) in [6, 6.07) is 18.4. The molecule has 226 valence electrons. The molecule has 0 aliphatic rings. The fourth-order valence-corrected chi connectivity index (χ4v) is 5.24. The van der Waals surface area contributed by atoms with Crippen molar-refractivity contribution in [2.45, 2.75) is 45.3 Å². The van der Waals surface area contributed by atoms with Crippen LogP contribution in [0.4, 0.5) is 10.1 Å². The van der Waals surface area contributed by atoms with Crippen LogP contribution in [0.2, 0.25) is 0 Å². The maximum Gasteiger partial charge on any atom is 0.244 e. The first kappa shape index (κ1) is 32.4. The second kappa shape index (κ2) is 14.7. The van der Waals surface area contributed by atoms with E-state index in [1.54, 1.807) is 12.1 Å². The highest BCUT2D eigenvalue weighted by Gasteiger charge is 2.34. The van der Waals surface area contributed by atoms with E-state index in [1.807, 2.05) is 44.2 Å². The van der Waals surface area contributed by atoms with Crippen molar-refractivity contribution in [3.63, 3.8) is 0 Å². The van der Waals surface area contributed by atoms with Crippen LogP contribution < -0.4 is 19.1 Å². The Hall–Kier alpha value is -4.12. The van der Waals surface area contributed by atoms with Gasteiger partial charge in [-0.05, 0) is 37.1 Å². The number of amides is 2. The lowest BCUT2D eigenvalue weighted by Gasteiger charge is -2.34. The van der Waals surface area contributed by atoms with Crippen molar-refractivity contribution in [1.82, 2.24) is 10.2 Å². The van der Waals surface area contributed by atoms with Crippen molar-refractivity contribution in [3.05, 3.63) is 89.7 Å². The van der Waals surface area contributed by atoms with E-state index in [4.69, 9.17) is 9.47 Å². The number of carbonyl (C=O) groups excluding carboxylic acids is 2. The summed E-state index contributed by atoms with van der Waals surface area (Å²) >= 11 is 0. The maximum atomic E-state index is 14.9. The van der Waals surface area contributed by atoms with E-state index in [1.165, 1.54) is 49.5 Å². The molecule has 0 bridgehead atoms.